The highest BCUT2D eigenvalue weighted by molar-refractivity contribution is 5.91. The van der Waals surface area contributed by atoms with Crippen molar-refractivity contribution in [1.29, 1.82) is 0 Å². The zero-order valence-electron chi connectivity index (χ0n) is 14.0. The summed E-state index contributed by atoms with van der Waals surface area (Å²) >= 11 is 0. The van der Waals surface area contributed by atoms with Gasteiger partial charge in [0.25, 0.3) is 5.91 Å². The second-order valence-corrected chi connectivity index (χ2v) is 6.75. The molecule has 1 aromatic rings. The van der Waals surface area contributed by atoms with Crippen LogP contribution in [-0.4, -0.2) is 47.0 Å². The molecule has 5 heteroatoms. The van der Waals surface area contributed by atoms with Crippen LogP contribution in [0.15, 0.2) is 12.4 Å². The van der Waals surface area contributed by atoms with E-state index in [-0.39, 0.29) is 5.91 Å². The van der Waals surface area contributed by atoms with E-state index >= 15 is 0 Å². The van der Waals surface area contributed by atoms with Gasteiger partial charge in [-0.25, -0.2) is 4.98 Å². The van der Waals surface area contributed by atoms with Crippen LogP contribution in [0.25, 0.3) is 0 Å². The second kappa shape index (κ2) is 8.22. The zero-order chi connectivity index (χ0) is 15.9. The summed E-state index contributed by atoms with van der Waals surface area (Å²) in [6.07, 6.45) is 6.75. The topological polar surface area (TPSA) is 58.1 Å². The summed E-state index contributed by atoms with van der Waals surface area (Å²) < 4.78 is 0. The van der Waals surface area contributed by atoms with Gasteiger partial charge in [0.15, 0.2) is 0 Å². The third-order valence-electron chi connectivity index (χ3n) is 4.08. The van der Waals surface area contributed by atoms with Crippen molar-refractivity contribution in [3.8, 4) is 0 Å². The lowest BCUT2D eigenvalue weighted by atomic mass is 9.94. The van der Waals surface area contributed by atoms with Crippen LogP contribution in [0.4, 0.5) is 0 Å². The molecule has 1 aromatic heterocycles. The van der Waals surface area contributed by atoms with Gasteiger partial charge >= 0.3 is 0 Å². The first-order valence-electron chi connectivity index (χ1n) is 8.34. The largest absolute Gasteiger partial charge is 0.351 e. The number of aromatic nitrogens is 2. The molecule has 0 aliphatic carbocycles. The van der Waals surface area contributed by atoms with E-state index in [1.807, 2.05) is 6.92 Å². The van der Waals surface area contributed by atoms with Crippen LogP contribution in [0.2, 0.25) is 0 Å². The van der Waals surface area contributed by atoms with E-state index in [0.717, 1.165) is 18.0 Å². The van der Waals surface area contributed by atoms with Crippen LogP contribution in [0.5, 0.6) is 0 Å². The van der Waals surface area contributed by atoms with Gasteiger partial charge in [0.1, 0.15) is 5.69 Å². The molecule has 122 valence electrons. The summed E-state index contributed by atoms with van der Waals surface area (Å²) in [5, 5.41) is 2.96. The maximum absolute atomic E-state index is 12.0. The lowest BCUT2D eigenvalue weighted by Crippen LogP contribution is -2.39. The fourth-order valence-corrected chi connectivity index (χ4v) is 3.06. The number of aryl methyl sites for hydroxylation is 1. The molecule has 2 heterocycles. The Morgan fingerprint density at radius 3 is 2.91 bits per heavy atom. The Hall–Kier alpha value is -1.49. The van der Waals surface area contributed by atoms with Crippen molar-refractivity contribution in [3.05, 3.63) is 23.8 Å². The number of piperidine rings is 1. The molecule has 0 bridgehead atoms. The molecule has 5 nitrogen and oxygen atoms in total. The second-order valence-electron chi connectivity index (χ2n) is 6.75. The van der Waals surface area contributed by atoms with Gasteiger partial charge in [-0.2, -0.15) is 0 Å². The maximum Gasteiger partial charge on any atom is 0.271 e. The number of carbonyl (C=O) groups excluding carboxylic acids is 1. The molecule has 1 atom stereocenters. The molecule has 0 radical (unpaired) electrons. The molecule has 0 saturated carbocycles. The first-order valence-corrected chi connectivity index (χ1v) is 8.34. The van der Waals surface area contributed by atoms with Gasteiger partial charge < -0.3 is 10.2 Å². The van der Waals surface area contributed by atoms with Crippen molar-refractivity contribution in [1.82, 2.24) is 20.2 Å². The molecule has 0 aromatic carbocycles. The van der Waals surface area contributed by atoms with Gasteiger partial charge in [-0.1, -0.05) is 13.8 Å². The number of nitrogens with zero attached hydrogens (tertiary/aromatic N) is 3. The highest BCUT2D eigenvalue weighted by atomic mass is 16.1. The van der Waals surface area contributed by atoms with E-state index < -0.39 is 0 Å². The van der Waals surface area contributed by atoms with Crippen LogP contribution in [0.1, 0.15) is 49.3 Å². The first-order chi connectivity index (χ1) is 10.5. The van der Waals surface area contributed by atoms with Crippen molar-refractivity contribution in [2.75, 3.05) is 26.2 Å². The van der Waals surface area contributed by atoms with Gasteiger partial charge in [0.05, 0.1) is 11.9 Å². The highest BCUT2D eigenvalue weighted by Gasteiger charge is 2.20. The summed E-state index contributed by atoms with van der Waals surface area (Å²) in [5.41, 5.74) is 1.22. The van der Waals surface area contributed by atoms with Gasteiger partial charge in [-0.05, 0) is 44.6 Å². The summed E-state index contributed by atoms with van der Waals surface area (Å²) in [5.74, 6) is 1.29. The Balaban J connectivity index is 1.71. The minimum atomic E-state index is -0.123. The number of likely N-dealkylation sites (tertiary alicyclic amines) is 1. The smallest absolute Gasteiger partial charge is 0.271 e. The summed E-state index contributed by atoms with van der Waals surface area (Å²) in [6.45, 7) is 10.7. The fraction of sp³-hybridized carbons (Fsp3) is 0.706. The molecule has 22 heavy (non-hydrogen) atoms. The molecule has 2 rings (SSSR count). The van der Waals surface area contributed by atoms with E-state index in [9.17, 15) is 4.79 Å². The van der Waals surface area contributed by atoms with Crippen molar-refractivity contribution >= 4 is 5.91 Å². The van der Waals surface area contributed by atoms with Gasteiger partial charge in [-0.15, -0.1) is 0 Å². The molecule has 1 N–H and O–H groups in total. The lowest BCUT2D eigenvalue weighted by Gasteiger charge is -2.33. The zero-order valence-corrected chi connectivity index (χ0v) is 14.0. The summed E-state index contributed by atoms with van der Waals surface area (Å²) in [6, 6.07) is 0. The Morgan fingerprint density at radius 1 is 1.41 bits per heavy atom. The molecule has 1 fully saturated rings. The Labute approximate surface area is 133 Å². The average Bonchev–Trinajstić information content (AvgIpc) is 2.47. The average molecular weight is 304 g/mol. The van der Waals surface area contributed by atoms with Crippen molar-refractivity contribution in [3.63, 3.8) is 0 Å². The van der Waals surface area contributed by atoms with E-state index in [1.54, 1.807) is 6.20 Å². The molecule has 1 saturated heterocycles. The van der Waals surface area contributed by atoms with Crippen LogP contribution in [0.3, 0.4) is 0 Å². The van der Waals surface area contributed by atoms with E-state index in [2.05, 4.69) is 34.0 Å². The Kier molecular flexibility index (Phi) is 6.31. The van der Waals surface area contributed by atoms with Crippen molar-refractivity contribution in [2.24, 2.45) is 11.8 Å². The minimum Gasteiger partial charge on any atom is -0.351 e. The third kappa shape index (κ3) is 5.37. The normalized spacial score (nSPS) is 19.4. The highest BCUT2D eigenvalue weighted by Crippen LogP contribution is 2.19. The van der Waals surface area contributed by atoms with E-state index in [1.165, 1.54) is 38.7 Å². The number of carbonyl (C=O) groups is 1. The predicted molar refractivity (Wildman–Crippen MR) is 87.7 cm³/mol. The quantitative estimate of drug-likeness (QED) is 0.876. The molecule has 0 spiro atoms. The number of hydrogen-bond donors (Lipinski definition) is 1. The SMILES string of the molecule is Cc1cnc(C(=O)NCC[C@H]2CCCN(CC(C)C)C2)cn1. The molecule has 1 aliphatic rings. The fourth-order valence-electron chi connectivity index (χ4n) is 3.06. The van der Waals surface area contributed by atoms with Gasteiger partial charge in [0, 0.05) is 25.8 Å². The monoisotopic (exact) mass is 304 g/mol. The number of nitrogens with one attached hydrogen (secondary N) is 1. The Bertz CT molecular complexity index is 472. The molecule has 1 amide bonds. The first kappa shape index (κ1) is 16.9. The van der Waals surface area contributed by atoms with Crippen molar-refractivity contribution in [2.45, 2.75) is 40.0 Å². The van der Waals surface area contributed by atoms with E-state index in [0.29, 0.717) is 18.2 Å². The van der Waals surface area contributed by atoms with Gasteiger partial charge in [0.2, 0.25) is 0 Å². The van der Waals surface area contributed by atoms with Crippen LogP contribution in [-0.2, 0) is 0 Å². The van der Waals surface area contributed by atoms with Gasteiger partial charge in [-0.3, -0.25) is 9.78 Å². The Morgan fingerprint density at radius 2 is 2.23 bits per heavy atom. The van der Waals surface area contributed by atoms with Crippen LogP contribution < -0.4 is 5.32 Å². The number of hydrogen-bond acceptors (Lipinski definition) is 4. The maximum atomic E-state index is 12.0. The minimum absolute atomic E-state index is 0.123. The van der Waals surface area contributed by atoms with Crippen LogP contribution in [0, 0.1) is 18.8 Å². The molecular weight excluding hydrogens is 276 g/mol. The molecular formula is C17H28N4O. The number of rotatable bonds is 6. The van der Waals surface area contributed by atoms with Crippen molar-refractivity contribution < 1.29 is 4.79 Å². The molecule has 0 unspecified atom stereocenters. The lowest BCUT2D eigenvalue weighted by molar-refractivity contribution is 0.0940. The van der Waals surface area contributed by atoms with E-state index in [4.69, 9.17) is 0 Å². The third-order valence-corrected chi connectivity index (χ3v) is 4.08. The molecule has 1 aliphatic heterocycles. The summed E-state index contributed by atoms with van der Waals surface area (Å²) in [4.78, 5) is 22.8. The van der Waals surface area contributed by atoms with Crippen LogP contribution >= 0.6 is 0 Å². The predicted octanol–water partition coefficient (Wildman–Crippen LogP) is 2.27. The standard InChI is InChI=1S/C17H28N4O/c1-13(2)11-21-8-4-5-15(12-21)6-7-18-17(22)16-10-19-14(3)9-20-16/h9-10,13,15H,4-8,11-12H2,1-3H3,(H,18,22)/t15-/m1/s1. The summed E-state index contributed by atoms with van der Waals surface area (Å²) in [7, 11) is 0. The number of amides is 1.